The highest BCUT2D eigenvalue weighted by atomic mass is 16.4. The molecule has 1 saturated heterocycles. The summed E-state index contributed by atoms with van der Waals surface area (Å²) in [5, 5.41) is 23.5. The molecule has 27 heavy (non-hydrogen) atoms. The molecule has 0 aromatic carbocycles. The Morgan fingerprint density at radius 1 is 1.30 bits per heavy atom. The van der Waals surface area contributed by atoms with E-state index < -0.39 is 11.9 Å². The first-order chi connectivity index (χ1) is 12.7. The highest BCUT2D eigenvalue weighted by Gasteiger charge is 2.22. The van der Waals surface area contributed by atoms with Crippen LogP contribution < -0.4 is 5.32 Å². The molecule has 1 aliphatic heterocycles. The Hall–Kier alpha value is -2.19. The Kier molecular flexibility index (Phi) is 9.74. The van der Waals surface area contributed by atoms with Crippen LogP contribution in [0.15, 0.2) is 18.2 Å². The fraction of sp³-hybridized carbons (Fsp3) is 0.632. The van der Waals surface area contributed by atoms with E-state index in [1.165, 1.54) is 25.1 Å². The average Bonchev–Trinajstić information content (AvgIpc) is 2.91. The minimum atomic E-state index is -1.26. The van der Waals surface area contributed by atoms with Crippen molar-refractivity contribution in [1.82, 2.24) is 20.0 Å². The van der Waals surface area contributed by atoms with Crippen molar-refractivity contribution in [2.24, 2.45) is 13.0 Å². The van der Waals surface area contributed by atoms with Crippen LogP contribution in [0.3, 0.4) is 0 Å². The molecule has 3 N–H and O–H groups in total. The quantitative estimate of drug-likeness (QED) is 0.617. The van der Waals surface area contributed by atoms with Crippen LogP contribution in [0.4, 0.5) is 0 Å². The fourth-order valence-electron chi connectivity index (χ4n) is 3.15. The summed E-state index contributed by atoms with van der Waals surface area (Å²) >= 11 is 0. The summed E-state index contributed by atoms with van der Waals surface area (Å²) in [6, 6.07) is 2.94. The Labute approximate surface area is 160 Å². The van der Waals surface area contributed by atoms with E-state index in [2.05, 4.69) is 49.2 Å². The molecule has 2 rings (SSSR count). The fourth-order valence-corrected chi connectivity index (χ4v) is 3.15. The summed E-state index contributed by atoms with van der Waals surface area (Å²) in [6.45, 7) is 11.2. The van der Waals surface area contributed by atoms with Gasteiger partial charge in [-0.05, 0) is 44.8 Å². The minimum absolute atomic E-state index is 0.558. The van der Waals surface area contributed by atoms with Gasteiger partial charge in [-0.1, -0.05) is 13.8 Å². The summed E-state index contributed by atoms with van der Waals surface area (Å²) < 4.78 is 2.03. The molecule has 0 radical (unpaired) electrons. The van der Waals surface area contributed by atoms with Gasteiger partial charge in [-0.2, -0.15) is 5.10 Å². The van der Waals surface area contributed by atoms with Gasteiger partial charge in [0.1, 0.15) is 0 Å². The summed E-state index contributed by atoms with van der Waals surface area (Å²) in [5.74, 6) is -1.80. The van der Waals surface area contributed by atoms with Crippen LogP contribution >= 0.6 is 0 Å². The molecule has 0 aliphatic carbocycles. The Bertz CT molecular complexity index is 618. The van der Waals surface area contributed by atoms with Gasteiger partial charge in [-0.25, -0.2) is 9.59 Å². The zero-order chi connectivity index (χ0) is 20.4. The highest BCUT2D eigenvalue weighted by Crippen LogP contribution is 2.17. The second kappa shape index (κ2) is 11.5. The van der Waals surface area contributed by atoms with Crippen LogP contribution in [-0.4, -0.2) is 62.5 Å². The van der Waals surface area contributed by atoms with Crippen molar-refractivity contribution >= 4 is 11.9 Å². The molecule has 1 aromatic rings. The third-order valence-corrected chi connectivity index (χ3v) is 4.26. The first-order valence-electron chi connectivity index (χ1n) is 9.27. The number of hydrogen-bond donors (Lipinski definition) is 3. The largest absolute Gasteiger partial charge is 0.478 e. The SMILES string of the molecule is Cc1cc(CN(CC(C)C)C2CCNCC2)n(C)n1.O=C(O)C=CC(=O)O. The van der Waals surface area contributed by atoms with Crippen LogP contribution in [0.25, 0.3) is 0 Å². The molecular weight excluding hydrogens is 348 g/mol. The van der Waals surface area contributed by atoms with Gasteiger partial charge in [-0.15, -0.1) is 0 Å². The number of hydrogen-bond acceptors (Lipinski definition) is 5. The van der Waals surface area contributed by atoms with Gasteiger partial charge >= 0.3 is 11.9 Å². The summed E-state index contributed by atoms with van der Waals surface area (Å²) in [4.78, 5) is 21.8. The monoisotopic (exact) mass is 380 g/mol. The summed E-state index contributed by atoms with van der Waals surface area (Å²) in [7, 11) is 2.05. The Morgan fingerprint density at radius 2 is 1.85 bits per heavy atom. The maximum atomic E-state index is 9.55. The molecule has 1 fully saturated rings. The molecular formula is C19H32N4O4. The van der Waals surface area contributed by atoms with Crippen LogP contribution in [0.2, 0.25) is 0 Å². The molecule has 0 unspecified atom stereocenters. The van der Waals surface area contributed by atoms with Gasteiger partial charge < -0.3 is 15.5 Å². The first-order valence-corrected chi connectivity index (χ1v) is 9.27. The van der Waals surface area contributed by atoms with Crippen molar-refractivity contribution in [2.75, 3.05) is 19.6 Å². The smallest absolute Gasteiger partial charge is 0.328 e. The lowest BCUT2D eigenvalue weighted by Crippen LogP contribution is -2.44. The molecule has 8 nitrogen and oxygen atoms in total. The topological polar surface area (TPSA) is 108 Å². The molecule has 0 spiro atoms. The van der Waals surface area contributed by atoms with Gasteiger partial charge in [0, 0.05) is 38.3 Å². The van der Waals surface area contributed by atoms with E-state index in [0.29, 0.717) is 18.1 Å². The first kappa shape index (κ1) is 22.9. The van der Waals surface area contributed by atoms with Crippen molar-refractivity contribution in [3.8, 4) is 0 Å². The minimum Gasteiger partial charge on any atom is -0.478 e. The van der Waals surface area contributed by atoms with Crippen LogP contribution in [0.1, 0.15) is 38.1 Å². The number of aromatic nitrogens is 2. The van der Waals surface area contributed by atoms with E-state index in [-0.39, 0.29) is 0 Å². The zero-order valence-corrected chi connectivity index (χ0v) is 16.7. The number of aryl methyl sites for hydroxylation is 2. The van der Waals surface area contributed by atoms with Gasteiger partial charge in [0.2, 0.25) is 0 Å². The van der Waals surface area contributed by atoms with Gasteiger partial charge in [-0.3, -0.25) is 9.58 Å². The second-order valence-corrected chi connectivity index (χ2v) is 7.21. The Balaban J connectivity index is 0.000000387. The van der Waals surface area contributed by atoms with E-state index in [9.17, 15) is 9.59 Å². The van der Waals surface area contributed by atoms with Crippen LogP contribution in [0.5, 0.6) is 0 Å². The van der Waals surface area contributed by atoms with E-state index in [1.807, 2.05) is 4.68 Å². The van der Waals surface area contributed by atoms with Crippen molar-refractivity contribution in [2.45, 2.75) is 46.2 Å². The van der Waals surface area contributed by atoms with Crippen molar-refractivity contribution in [1.29, 1.82) is 0 Å². The number of carbonyl (C=O) groups is 2. The molecule has 2 heterocycles. The standard InChI is InChI=1S/C15H28N4.C4H4O4/c1-12(2)10-19(14-5-7-16-8-6-14)11-15-9-13(3)17-18(15)4;5-3(6)1-2-4(7)8/h9,12,14,16H,5-8,10-11H2,1-4H3;1-2H,(H,5,6)(H,7,8). The molecule has 152 valence electrons. The van der Waals surface area contributed by atoms with E-state index >= 15 is 0 Å². The predicted molar refractivity (Wildman–Crippen MR) is 103 cm³/mol. The summed E-state index contributed by atoms with van der Waals surface area (Å²) in [6.07, 6.45) is 3.65. The molecule has 0 amide bonds. The normalized spacial score (nSPS) is 15.2. The van der Waals surface area contributed by atoms with Crippen LogP contribution in [0, 0.1) is 12.8 Å². The lowest BCUT2D eigenvalue weighted by molar-refractivity contribution is -0.134. The van der Waals surface area contributed by atoms with Crippen LogP contribution in [-0.2, 0) is 23.2 Å². The number of nitrogens with one attached hydrogen (secondary N) is 1. The van der Waals surface area contributed by atoms with E-state index in [4.69, 9.17) is 10.2 Å². The number of carboxylic acids is 2. The third-order valence-electron chi connectivity index (χ3n) is 4.26. The average molecular weight is 380 g/mol. The van der Waals surface area contributed by atoms with Gasteiger partial charge in [0.15, 0.2) is 0 Å². The third kappa shape index (κ3) is 9.35. The van der Waals surface area contributed by atoms with Gasteiger partial charge in [0.05, 0.1) is 11.4 Å². The maximum Gasteiger partial charge on any atom is 0.328 e. The summed E-state index contributed by atoms with van der Waals surface area (Å²) in [5.41, 5.74) is 2.45. The van der Waals surface area contributed by atoms with Crippen molar-refractivity contribution in [3.05, 3.63) is 29.6 Å². The molecule has 1 aliphatic rings. The molecule has 0 atom stereocenters. The number of nitrogens with zero attached hydrogens (tertiary/aromatic N) is 3. The van der Waals surface area contributed by atoms with Crippen molar-refractivity contribution < 1.29 is 19.8 Å². The number of carboxylic acid groups (broad SMARTS) is 2. The lowest BCUT2D eigenvalue weighted by atomic mass is 10.0. The van der Waals surface area contributed by atoms with Crippen molar-refractivity contribution in [3.63, 3.8) is 0 Å². The Morgan fingerprint density at radius 3 is 2.26 bits per heavy atom. The number of aliphatic carboxylic acids is 2. The number of piperidine rings is 1. The lowest BCUT2D eigenvalue weighted by Gasteiger charge is -2.35. The molecule has 0 bridgehead atoms. The van der Waals surface area contributed by atoms with E-state index in [0.717, 1.165) is 31.4 Å². The maximum absolute atomic E-state index is 9.55. The molecule has 0 saturated carbocycles. The molecule has 1 aromatic heterocycles. The predicted octanol–water partition coefficient (Wildman–Crippen LogP) is 1.65. The zero-order valence-electron chi connectivity index (χ0n) is 16.7. The highest BCUT2D eigenvalue weighted by molar-refractivity contribution is 5.89. The molecule has 8 heteroatoms. The second-order valence-electron chi connectivity index (χ2n) is 7.21. The number of rotatable bonds is 7. The van der Waals surface area contributed by atoms with Gasteiger partial charge in [0.25, 0.3) is 0 Å². The van der Waals surface area contributed by atoms with E-state index in [1.54, 1.807) is 0 Å².